The molecule has 0 aromatic rings. The summed E-state index contributed by atoms with van der Waals surface area (Å²) in [6, 6.07) is 2.06. The molecule has 0 fully saturated rings. The summed E-state index contributed by atoms with van der Waals surface area (Å²) in [5, 5.41) is 7.83. The molecule has 0 aliphatic rings. The van der Waals surface area contributed by atoms with Crippen molar-refractivity contribution in [3.8, 4) is 6.07 Å². The monoisotopic (exact) mass is 243 g/mol. The normalized spacial score (nSPS) is 8.86. The molecule has 0 saturated heterocycles. The van der Waals surface area contributed by atoms with Gasteiger partial charge in [-0.15, -0.1) is 0 Å². The van der Waals surface area contributed by atoms with E-state index in [9.17, 15) is 0 Å². The second-order valence-electron chi connectivity index (χ2n) is 0.935. The maximum Gasteiger partial charge on any atom is 0.0626 e. The zero-order valence-electron chi connectivity index (χ0n) is 3.56. The topological polar surface area (TPSA) is 23.8 Å². The van der Waals surface area contributed by atoms with Gasteiger partial charge in [-0.1, -0.05) is 0 Å². The Bertz CT molecular complexity index is 77.5. The summed E-state index contributed by atoms with van der Waals surface area (Å²) in [6.45, 7) is 0. The molecule has 0 atom stereocenters. The van der Waals surface area contributed by atoms with Gasteiger partial charge in [-0.3, -0.25) is 0 Å². The second-order valence-corrected chi connectivity index (χ2v) is 9.98. The van der Waals surface area contributed by atoms with Crippen molar-refractivity contribution in [2.75, 3.05) is 6.16 Å². The van der Waals surface area contributed by atoms with Crippen LogP contribution in [-0.4, -0.2) is 6.16 Å². The average molecular weight is 245 g/mol. The van der Waals surface area contributed by atoms with Gasteiger partial charge in [-0.25, -0.2) is 0 Å². The van der Waals surface area contributed by atoms with Gasteiger partial charge in [0, 0.05) is 17.9 Å². The molecule has 0 aromatic carbocycles. The van der Waals surface area contributed by atoms with E-state index in [0.29, 0.717) is 6.42 Å². The molecule has 0 aliphatic heterocycles. The number of rotatable bonds is 2. The molecule has 0 rings (SSSR count). The summed E-state index contributed by atoms with van der Waals surface area (Å²) in [6.07, 6.45) is 1.58. The van der Waals surface area contributed by atoms with Gasteiger partial charge in [0.25, 0.3) is 0 Å². The third-order valence-electron chi connectivity index (χ3n) is 0.393. The van der Waals surface area contributed by atoms with Crippen LogP contribution in [0.15, 0.2) is 0 Å². The van der Waals surface area contributed by atoms with Gasteiger partial charge >= 0.3 is 0 Å². The summed E-state index contributed by atoms with van der Waals surface area (Å²) >= 11 is 6.61. The lowest BCUT2D eigenvalue weighted by Crippen LogP contribution is -1.67. The molecule has 0 aliphatic carbocycles. The van der Waals surface area contributed by atoms with Crippen LogP contribution in [0.1, 0.15) is 6.42 Å². The largest absolute Gasteiger partial charge is 0.198 e. The first-order valence-electron chi connectivity index (χ1n) is 1.73. The Morgan fingerprint density at radius 3 is 2.29 bits per heavy atom. The van der Waals surface area contributed by atoms with Gasteiger partial charge < -0.3 is 0 Å². The fourth-order valence-electron chi connectivity index (χ4n) is 0.135. The first-order valence-corrected chi connectivity index (χ1v) is 7.30. The molecule has 0 heterocycles. The molecular weight excluding hydrogens is 241 g/mol. The van der Waals surface area contributed by atoms with E-state index in [2.05, 4.69) is 37.0 Å². The maximum atomic E-state index is 8.03. The number of nitrogens with zero attached hydrogens (tertiary/aromatic N) is 1. The fourth-order valence-corrected chi connectivity index (χ4v) is 1.47. The minimum atomic E-state index is -0.204. The van der Waals surface area contributed by atoms with Crippen molar-refractivity contribution in [2.24, 2.45) is 0 Å². The van der Waals surface area contributed by atoms with E-state index >= 15 is 0 Å². The molecule has 1 nitrogen and oxygen atoms in total. The SMILES string of the molecule is N#CCCP(Br)Br. The standard InChI is InChI=1S/C3H4Br2NP/c4-7(5)3-1-2-6/h1,3H2. The van der Waals surface area contributed by atoms with Crippen molar-refractivity contribution in [2.45, 2.75) is 6.42 Å². The average Bonchev–Trinajstić information content (AvgIpc) is 1.61. The Kier molecular flexibility index (Phi) is 5.66. The Balaban J connectivity index is 2.86. The predicted molar refractivity (Wildman–Crippen MR) is 39.9 cm³/mol. The van der Waals surface area contributed by atoms with Gasteiger partial charge in [-0.05, 0) is 31.0 Å². The quantitative estimate of drug-likeness (QED) is 0.686. The van der Waals surface area contributed by atoms with Crippen molar-refractivity contribution in [1.82, 2.24) is 0 Å². The van der Waals surface area contributed by atoms with E-state index in [1.54, 1.807) is 0 Å². The van der Waals surface area contributed by atoms with Crippen LogP contribution in [0.3, 0.4) is 0 Å². The van der Waals surface area contributed by atoms with E-state index < -0.39 is 0 Å². The van der Waals surface area contributed by atoms with Crippen LogP contribution in [0.4, 0.5) is 0 Å². The van der Waals surface area contributed by atoms with Crippen LogP contribution in [0, 0.1) is 11.3 Å². The Labute approximate surface area is 60.3 Å². The molecule has 0 radical (unpaired) electrons. The van der Waals surface area contributed by atoms with E-state index in [-0.39, 0.29) is 5.33 Å². The van der Waals surface area contributed by atoms with Crippen molar-refractivity contribution in [3.63, 3.8) is 0 Å². The first kappa shape index (κ1) is 7.88. The predicted octanol–water partition coefficient (Wildman–Crippen LogP) is 3.00. The first-order chi connectivity index (χ1) is 3.27. The molecule has 40 valence electrons. The molecule has 0 amide bonds. The summed E-state index contributed by atoms with van der Waals surface area (Å²) in [5.41, 5.74) is 0. The lowest BCUT2D eigenvalue weighted by Gasteiger charge is -1.90. The van der Waals surface area contributed by atoms with Crippen molar-refractivity contribution < 1.29 is 0 Å². The number of hydrogen-bond acceptors (Lipinski definition) is 1. The van der Waals surface area contributed by atoms with Gasteiger partial charge in [0.1, 0.15) is 0 Å². The smallest absolute Gasteiger partial charge is 0.0626 e. The van der Waals surface area contributed by atoms with Crippen LogP contribution in [0.5, 0.6) is 0 Å². The summed E-state index contributed by atoms with van der Waals surface area (Å²) in [5.74, 6) is 0. The third-order valence-corrected chi connectivity index (χ3v) is 3.08. The zero-order valence-corrected chi connectivity index (χ0v) is 7.63. The molecule has 0 unspecified atom stereocenters. The number of hydrogen-bond donors (Lipinski definition) is 0. The van der Waals surface area contributed by atoms with Gasteiger partial charge in [0.15, 0.2) is 0 Å². The molecule has 0 spiro atoms. The van der Waals surface area contributed by atoms with Crippen LogP contribution in [-0.2, 0) is 0 Å². The van der Waals surface area contributed by atoms with E-state index in [0.717, 1.165) is 6.16 Å². The second kappa shape index (κ2) is 5.03. The molecule has 0 bridgehead atoms. The highest BCUT2D eigenvalue weighted by Gasteiger charge is 1.92. The van der Waals surface area contributed by atoms with Gasteiger partial charge in [0.2, 0.25) is 0 Å². The highest BCUT2D eigenvalue weighted by atomic mass is 79.9. The van der Waals surface area contributed by atoms with Crippen LogP contribution >= 0.6 is 36.3 Å². The molecule has 4 heteroatoms. The van der Waals surface area contributed by atoms with Crippen LogP contribution in [0.25, 0.3) is 0 Å². The summed E-state index contributed by atoms with van der Waals surface area (Å²) in [4.78, 5) is 0. The highest BCUT2D eigenvalue weighted by molar-refractivity contribution is 9.69. The van der Waals surface area contributed by atoms with Crippen molar-refractivity contribution in [3.05, 3.63) is 0 Å². The van der Waals surface area contributed by atoms with Crippen LogP contribution < -0.4 is 0 Å². The minimum absolute atomic E-state index is 0.204. The maximum absolute atomic E-state index is 8.03. The zero-order chi connectivity index (χ0) is 5.70. The highest BCUT2D eigenvalue weighted by Crippen LogP contribution is 2.52. The van der Waals surface area contributed by atoms with E-state index in [1.807, 2.05) is 0 Å². The fraction of sp³-hybridized carbons (Fsp3) is 0.667. The molecular formula is C3H4Br2NP. The minimum Gasteiger partial charge on any atom is -0.198 e. The van der Waals surface area contributed by atoms with Gasteiger partial charge in [0.05, 0.1) is 6.07 Å². The van der Waals surface area contributed by atoms with Crippen molar-refractivity contribution in [1.29, 1.82) is 5.26 Å². The third kappa shape index (κ3) is 6.88. The number of halogens is 2. The lowest BCUT2D eigenvalue weighted by atomic mass is 10.6. The lowest BCUT2D eigenvalue weighted by molar-refractivity contribution is 1.24. The van der Waals surface area contributed by atoms with E-state index in [4.69, 9.17) is 5.26 Å². The van der Waals surface area contributed by atoms with Crippen molar-refractivity contribution >= 4 is 36.3 Å². The molecule has 0 aromatic heterocycles. The van der Waals surface area contributed by atoms with Gasteiger partial charge in [-0.2, -0.15) is 5.26 Å². The Morgan fingerprint density at radius 2 is 2.14 bits per heavy atom. The molecule has 0 saturated carbocycles. The van der Waals surface area contributed by atoms with Crippen LogP contribution in [0.2, 0.25) is 0 Å². The summed E-state index contributed by atoms with van der Waals surface area (Å²) in [7, 11) is 0. The Morgan fingerprint density at radius 1 is 1.57 bits per heavy atom. The summed E-state index contributed by atoms with van der Waals surface area (Å²) < 4.78 is 0. The Hall–Kier alpha value is 0.880. The number of nitriles is 1. The molecule has 7 heavy (non-hydrogen) atoms. The molecule has 0 N–H and O–H groups in total. The van der Waals surface area contributed by atoms with E-state index in [1.165, 1.54) is 0 Å².